The van der Waals surface area contributed by atoms with E-state index in [-0.39, 0.29) is 0 Å². The van der Waals surface area contributed by atoms with Gasteiger partial charge in [0.1, 0.15) is 12.0 Å². The monoisotopic (exact) mass is 160 g/mol. The van der Waals surface area contributed by atoms with Crippen molar-refractivity contribution in [3.63, 3.8) is 0 Å². The molecule has 4 heteroatoms. The lowest BCUT2D eigenvalue weighted by molar-refractivity contribution is 0.393. The Hall–Kier alpha value is -1.71. The lowest BCUT2D eigenvalue weighted by atomic mass is 10.2. The maximum absolute atomic E-state index is 4.57. The Labute approximate surface area is 69.2 Å². The van der Waals surface area contributed by atoms with Crippen LogP contribution in [0.5, 0.6) is 0 Å². The first-order chi connectivity index (χ1) is 5.95. The molecular weight excluding hydrogens is 154 g/mol. The van der Waals surface area contributed by atoms with Crippen LogP contribution in [0.2, 0.25) is 0 Å². The highest BCUT2D eigenvalue weighted by Gasteiger charge is 2.00. The van der Waals surface area contributed by atoms with Crippen molar-refractivity contribution in [2.75, 3.05) is 0 Å². The third-order valence-electron chi connectivity index (χ3n) is 1.36. The van der Waals surface area contributed by atoms with Crippen molar-refractivity contribution in [2.45, 2.75) is 0 Å². The zero-order valence-corrected chi connectivity index (χ0v) is 6.21. The van der Waals surface area contributed by atoms with Gasteiger partial charge in [0.15, 0.2) is 0 Å². The summed E-state index contributed by atoms with van der Waals surface area (Å²) >= 11 is 0. The Balaban J connectivity index is 2.15. The fourth-order valence-corrected chi connectivity index (χ4v) is 0.848. The topological polar surface area (TPSA) is 51.8 Å². The molecular formula is C8H6N3O. The van der Waals surface area contributed by atoms with E-state index < -0.39 is 0 Å². The Kier molecular flexibility index (Phi) is 1.82. The molecule has 2 aromatic heterocycles. The summed E-state index contributed by atoms with van der Waals surface area (Å²) in [5.41, 5.74) is 1.52. The zero-order valence-electron chi connectivity index (χ0n) is 6.21. The van der Waals surface area contributed by atoms with Crippen LogP contribution >= 0.6 is 0 Å². The summed E-state index contributed by atoms with van der Waals surface area (Å²) in [6, 6.07) is 5.65. The molecule has 2 rings (SSSR count). The fourth-order valence-electron chi connectivity index (χ4n) is 0.848. The summed E-state index contributed by atoms with van der Waals surface area (Å²) in [6.45, 7) is 0. The lowest BCUT2D eigenvalue weighted by Crippen LogP contribution is -1.87. The van der Waals surface area contributed by atoms with Gasteiger partial charge in [-0.25, -0.2) is 0 Å². The standard InChI is InChI=1S/C8H6N3O/c1-2-4-9-7(3-1)5-8-6-12-11-10-8/h1-6H. The Morgan fingerprint density at radius 3 is 2.92 bits per heavy atom. The van der Waals surface area contributed by atoms with Crippen LogP contribution in [0.3, 0.4) is 0 Å². The number of aromatic nitrogens is 3. The van der Waals surface area contributed by atoms with Crippen LogP contribution in [0.15, 0.2) is 35.2 Å². The minimum Gasteiger partial charge on any atom is -0.345 e. The first-order valence-corrected chi connectivity index (χ1v) is 3.48. The quantitative estimate of drug-likeness (QED) is 0.659. The number of hydrogen-bond acceptors (Lipinski definition) is 4. The molecule has 0 amide bonds. The van der Waals surface area contributed by atoms with E-state index in [1.807, 2.05) is 18.2 Å². The summed E-state index contributed by atoms with van der Waals surface area (Å²) in [6.07, 6.45) is 4.98. The molecule has 0 saturated carbocycles. The van der Waals surface area contributed by atoms with Crippen LogP contribution < -0.4 is 0 Å². The second kappa shape index (κ2) is 3.13. The molecule has 12 heavy (non-hydrogen) atoms. The Morgan fingerprint density at radius 1 is 1.25 bits per heavy atom. The molecule has 0 N–H and O–H groups in total. The van der Waals surface area contributed by atoms with Gasteiger partial charge in [0.05, 0.1) is 12.1 Å². The van der Waals surface area contributed by atoms with Crippen LogP contribution in [0.25, 0.3) is 0 Å². The van der Waals surface area contributed by atoms with E-state index in [9.17, 15) is 0 Å². The van der Waals surface area contributed by atoms with Gasteiger partial charge >= 0.3 is 0 Å². The summed E-state index contributed by atoms with van der Waals surface area (Å²) in [4.78, 5) is 4.09. The Morgan fingerprint density at radius 2 is 2.25 bits per heavy atom. The summed E-state index contributed by atoms with van der Waals surface area (Å²) in [5.74, 6) is 0. The van der Waals surface area contributed by atoms with Gasteiger partial charge in [-0.05, 0) is 12.1 Å². The Bertz CT molecular complexity index is 330. The van der Waals surface area contributed by atoms with Crippen molar-refractivity contribution < 1.29 is 4.52 Å². The molecule has 2 aromatic rings. The second-order valence-electron chi connectivity index (χ2n) is 2.23. The van der Waals surface area contributed by atoms with Crippen LogP contribution in [-0.4, -0.2) is 15.4 Å². The largest absolute Gasteiger partial charge is 0.345 e. The van der Waals surface area contributed by atoms with Crippen molar-refractivity contribution in [2.24, 2.45) is 0 Å². The van der Waals surface area contributed by atoms with E-state index in [0.717, 1.165) is 5.69 Å². The number of nitrogens with zero attached hydrogens (tertiary/aromatic N) is 3. The average Bonchev–Trinajstić information content (AvgIpc) is 2.59. The van der Waals surface area contributed by atoms with Gasteiger partial charge in [-0.3, -0.25) is 4.98 Å². The highest BCUT2D eigenvalue weighted by molar-refractivity contribution is 5.23. The molecule has 0 atom stereocenters. The highest BCUT2D eigenvalue weighted by Crippen LogP contribution is 2.04. The van der Waals surface area contributed by atoms with E-state index in [1.54, 1.807) is 12.6 Å². The number of rotatable bonds is 2. The third-order valence-corrected chi connectivity index (χ3v) is 1.36. The van der Waals surface area contributed by atoms with Crippen molar-refractivity contribution in [1.29, 1.82) is 0 Å². The van der Waals surface area contributed by atoms with E-state index in [1.165, 1.54) is 6.26 Å². The highest BCUT2D eigenvalue weighted by atomic mass is 16.5. The van der Waals surface area contributed by atoms with Crippen LogP contribution in [-0.2, 0) is 0 Å². The minimum atomic E-state index is 0.675. The maximum atomic E-state index is 4.57. The van der Waals surface area contributed by atoms with E-state index in [0.29, 0.717) is 5.69 Å². The van der Waals surface area contributed by atoms with Crippen molar-refractivity contribution in [3.05, 3.63) is 48.5 Å². The van der Waals surface area contributed by atoms with Gasteiger partial charge in [0.2, 0.25) is 0 Å². The van der Waals surface area contributed by atoms with Crippen molar-refractivity contribution in [3.8, 4) is 0 Å². The van der Waals surface area contributed by atoms with E-state index in [2.05, 4.69) is 19.9 Å². The number of pyridine rings is 1. The van der Waals surface area contributed by atoms with Crippen LogP contribution in [0, 0.1) is 6.42 Å². The molecule has 4 nitrogen and oxygen atoms in total. The predicted octanol–water partition coefficient (Wildman–Crippen LogP) is 1.07. The van der Waals surface area contributed by atoms with Gasteiger partial charge in [-0.2, -0.15) is 0 Å². The smallest absolute Gasteiger partial charge is 0.148 e. The second-order valence-corrected chi connectivity index (χ2v) is 2.23. The molecule has 0 unspecified atom stereocenters. The van der Waals surface area contributed by atoms with Crippen molar-refractivity contribution in [1.82, 2.24) is 15.4 Å². The molecule has 0 fully saturated rings. The number of hydrogen-bond donors (Lipinski definition) is 0. The molecule has 0 aliphatic carbocycles. The molecule has 0 bridgehead atoms. The van der Waals surface area contributed by atoms with Gasteiger partial charge < -0.3 is 4.52 Å². The first-order valence-electron chi connectivity index (χ1n) is 3.48. The summed E-state index contributed by atoms with van der Waals surface area (Å²) in [7, 11) is 0. The van der Waals surface area contributed by atoms with Crippen molar-refractivity contribution >= 4 is 0 Å². The molecule has 2 heterocycles. The molecule has 0 spiro atoms. The summed E-state index contributed by atoms with van der Waals surface area (Å²) < 4.78 is 4.57. The lowest BCUT2D eigenvalue weighted by Gasteiger charge is -1.92. The molecule has 1 radical (unpaired) electrons. The predicted molar refractivity (Wildman–Crippen MR) is 41.0 cm³/mol. The van der Waals surface area contributed by atoms with Gasteiger partial charge in [-0.15, -0.1) is 5.10 Å². The minimum absolute atomic E-state index is 0.675. The average molecular weight is 160 g/mol. The SMILES string of the molecule is [CH](c1ccccn1)c1conn1. The molecule has 59 valence electrons. The third kappa shape index (κ3) is 1.47. The fraction of sp³-hybridized carbons (Fsp3) is 0. The molecule has 0 aliphatic rings. The van der Waals surface area contributed by atoms with Gasteiger partial charge in [-0.1, -0.05) is 6.07 Å². The maximum Gasteiger partial charge on any atom is 0.148 e. The normalized spacial score (nSPS) is 10.0. The van der Waals surface area contributed by atoms with Gasteiger partial charge in [0, 0.05) is 11.5 Å². The molecule has 0 aliphatic heterocycles. The first kappa shape index (κ1) is 6.97. The van der Waals surface area contributed by atoms with Crippen LogP contribution in [0.1, 0.15) is 11.4 Å². The van der Waals surface area contributed by atoms with E-state index >= 15 is 0 Å². The van der Waals surface area contributed by atoms with E-state index in [4.69, 9.17) is 0 Å². The van der Waals surface area contributed by atoms with Gasteiger partial charge in [0.25, 0.3) is 0 Å². The molecule has 0 aromatic carbocycles. The zero-order chi connectivity index (χ0) is 8.23. The van der Waals surface area contributed by atoms with Crippen LogP contribution in [0.4, 0.5) is 0 Å². The summed E-state index contributed by atoms with van der Waals surface area (Å²) in [5, 5.41) is 7.03. The molecule has 0 saturated heterocycles.